The highest BCUT2D eigenvalue weighted by Crippen LogP contribution is 2.22. The van der Waals surface area contributed by atoms with Crippen LogP contribution in [0.2, 0.25) is 0 Å². The van der Waals surface area contributed by atoms with Gasteiger partial charge in [-0.2, -0.15) is 0 Å². The minimum absolute atomic E-state index is 0.0963. The average molecular weight is 419 g/mol. The standard InChI is InChI=1S/C22H30N2O4S/c1-5-18-8-10-19(11-9-18)17(2)23-22(25)7-6-16-24(29(4,26)27)20-12-14-21(28-3)15-13-20/h8-15,17H,5-7,16H2,1-4H3,(H,23,25)/t17-/m1/s1. The first kappa shape index (κ1) is 22.7. The molecule has 2 aromatic carbocycles. The zero-order chi connectivity index (χ0) is 21.4. The molecule has 1 amide bonds. The molecule has 0 saturated heterocycles. The fourth-order valence-electron chi connectivity index (χ4n) is 3.06. The van der Waals surface area contributed by atoms with E-state index in [1.54, 1.807) is 31.4 Å². The fraction of sp³-hybridized carbons (Fsp3) is 0.409. The normalized spacial score (nSPS) is 12.3. The molecule has 0 bridgehead atoms. The predicted molar refractivity (Wildman–Crippen MR) is 117 cm³/mol. The first-order valence-electron chi connectivity index (χ1n) is 9.74. The van der Waals surface area contributed by atoms with E-state index in [4.69, 9.17) is 4.74 Å². The minimum atomic E-state index is -3.45. The molecule has 0 aliphatic heterocycles. The van der Waals surface area contributed by atoms with Crippen molar-refractivity contribution in [3.05, 3.63) is 59.7 Å². The lowest BCUT2D eigenvalue weighted by Crippen LogP contribution is -2.32. The molecule has 7 heteroatoms. The van der Waals surface area contributed by atoms with Gasteiger partial charge in [0.05, 0.1) is 25.1 Å². The third-order valence-electron chi connectivity index (χ3n) is 4.79. The topological polar surface area (TPSA) is 75.7 Å². The van der Waals surface area contributed by atoms with Gasteiger partial charge < -0.3 is 10.1 Å². The number of amides is 1. The molecule has 2 rings (SSSR count). The van der Waals surface area contributed by atoms with Crippen LogP contribution in [0.25, 0.3) is 0 Å². The van der Waals surface area contributed by atoms with Gasteiger partial charge in [0, 0.05) is 13.0 Å². The molecule has 0 heterocycles. The number of benzene rings is 2. The summed E-state index contributed by atoms with van der Waals surface area (Å²) < 4.78 is 30.8. The summed E-state index contributed by atoms with van der Waals surface area (Å²) in [6.07, 6.45) is 2.82. The Morgan fingerprint density at radius 1 is 1.10 bits per heavy atom. The van der Waals surface area contributed by atoms with Gasteiger partial charge in [0.15, 0.2) is 0 Å². The maximum absolute atomic E-state index is 12.3. The maximum atomic E-state index is 12.3. The van der Waals surface area contributed by atoms with E-state index in [0.717, 1.165) is 12.0 Å². The summed E-state index contributed by atoms with van der Waals surface area (Å²) >= 11 is 0. The van der Waals surface area contributed by atoms with Crippen molar-refractivity contribution in [1.29, 1.82) is 0 Å². The van der Waals surface area contributed by atoms with E-state index in [9.17, 15) is 13.2 Å². The number of methoxy groups -OCH3 is 1. The Balaban J connectivity index is 1.91. The molecule has 2 aromatic rings. The van der Waals surface area contributed by atoms with Crippen LogP contribution in [-0.4, -0.2) is 34.2 Å². The Morgan fingerprint density at radius 3 is 2.24 bits per heavy atom. The van der Waals surface area contributed by atoms with Crippen molar-refractivity contribution in [3.63, 3.8) is 0 Å². The van der Waals surface area contributed by atoms with Crippen LogP contribution in [0.3, 0.4) is 0 Å². The van der Waals surface area contributed by atoms with Crippen molar-refractivity contribution in [1.82, 2.24) is 5.32 Å². The van der Waals surface area contributed by atoms with Gasteiger partial charge in [-0.05, 0) is 55.2 Å². The summed E-state index contributed by atoms with van der Waals surface area (Å²) in [5, 5.41) is 2.98. The lowest BCUT2D eigenvalue weighted by atomic mass is 10.0. The molecule has 158 valence electrons. The molecule has 0 fully saturated rings. The van der Waals surface area contributed by atoms with E-state index < -0.39 is 10.0 Å². The van der Waals surface area contributed by atoms with E-state index in [0.29, 0.717) is 17.9 Å². The molecular formula is C22H30N2O4S. The highest BCUT2D eigenvalue weighted by molar-refractivity contribution is 7.92. The van der Waals surface area contributed by atoms with Crippen LogP contribution in [0.1, 0.15) is 43.9 Å². The average Bonchev–Trinajstić information content (AvgIpc) is 2.70. The lowest BCUT2D eigenvalue weighted by Gasteiger charge is -2.22. The van der Waals surface area contributed by atoms with Crippen LogP contribution in [-0.2, 0) is 21.2 Å². The molecular weight excluding hydrogens is 388 g/mol. The molecule has 0 unspecified atom stereocenters. The van der Waals surface area contributed by atoms with Crippen LogP contribution < -0.4 is 14.4 Å². The second kappa shape index (κ2) is 10.3. The number of rotatable bonds is 10. The number of carbonyl (C=O) groups excluding carboxylic acids is 1. The Hall–Kier alpha value is -2.54. The molecule has 1 N–H and O–H groups in total. The number of sulfonamides is 1. The molecule has 0 spiro atoms. The quantitative estimate of drug-likeness (QED) is 0.639. The fourth-order valence-corrected chi connectivity index (χ4v) is 4.02. The summed E-state index contributed by atoms with van der Waals surface area (Å²) in [7, 11) is -1.89. The first-order valence-corrected chi connectivity index (χ1v) is 11.6. The van der Waals surface area contributed by atoms with Gasteiger partial charge in [-0.1, -0.05) is 31.2 Å². The molecule has 6 nitrogen and oxygen atoms in total. The van der Waals surface area contributed by atoms with Gasteiger partial charge in [-0.15, -0.1) is 0 Å². The molecule has 0 aliphatic rings. The van der Waals surface area contributed by atoms with E-state index in [-0.39, 0.29) is 24.9 Å². The van der Waals surface area contributed by atoms with Gasteiger partial charge in [-0.3, -0.25) is 9.10 Å². The van der Waals surface area contributed by atoms with Crippen molar-refractivity contribution in [2.75, 3.05) is 24.2 Å². The van der Waals surface area contributed by atoms with Crippen LogP contribution >= 0.6 is 0 Å². The summed E-state index contributed by atoms with van der Waals surface area (Å²) in [6, 6.07) is 14.9. The Labute approximate surface area is 173 Å². The summed E-state index contributed by atoms with van der Waals surface area (Å²) in [5.41, 5.74) is 2.86. The molecule has 0 saturated carbocycles. The third-order valence-corrected chi connectivity index (χ3v) is 5.99. The highest BCUT2D eigenvalue weighted by Gasteiger charge is 2.18. The predicted octanol–water partition coefficient (Wildman–Crippen LogP) is 3.68. The second-order valence-corrected chi connectivity index (χ2v) is 8.93. The Bertz CT molecular complexity index is 893. The molecule has 29 heavy (non-hydrogen) atoms. The smallest absolute Gasteiger partial charge is 0.232 e. The first-order chi connectivity index (χ1) is 13.7. The number of anilines is 1. The second-order valence-electron chi connectivity index (χ2n) is 7.02. The van der Waals surface area contributed by atoms with E-state index in [1.807, 2.05) is 19.1 Å². The minimum Gasteiger partial charge on any atom is -0.497 e. The third kappa shape index (κ3) is 6.78. The van der Waals surface area contributed by atoms with Gasteiger partial charge in [-0.25, -0.2) is 8.42 Å². The van der Waals surface area contributed by atoms with Crippen molar-refractivity contribution >= 4 is 21.6 Å². The van der Waals surface area contributed by atoms with Crippen molar-refractivity contribution < 1.29 is 17.9 Å². The Kier molecular flexibility index (Phi) is 8.08. The zero-order valence-electron chi connectivity index (χ0n) is 17.5. The van der Waals surface area contributed by atoms with Crippen molar-refractivity contribution in [2.24, 2.45) is 0 Å². The summed E-state index contributed by atoms with van der Waals surface area (Å²) in [5.74, 6) is 0.558. The van der Waals surface area contributed by atoms with Crippen LogP contribution in [0, 0.1) is 0 Å². The van der Waals surface area contributed by atoms with Crippen molar-refractivity contribution in [3.8, 4) is 5.75 Å². The highest BCUT2D eigenvalue weighted by atomic mass is 32.2. The molecule has 0 radical (unpaired) electrons. The van der Waals surface area contributed by atoms with E-state index >= 15 is 0 Å². The van der Waals surface area contributed by atoms with Crippen LogP contribution in [0.15, 0.2) is 48.5 Å². The van der Waals surface area contributed by atoms with Gasteiger partial charge in [0.25, 0.3) is 0 Å². The molecule has 0 aromatic heterocycles. The lowest BCUT2D eigenvalue weighted by molar-refractivity contribution is -0.121. The number of ether oxygens (including phenoxy) is 1. The SMILES string of the molecule is CCc1ccc([C@@H](C)NC(=O)CCCN(c2ccc(OC)cc2)S(C)(=O)=O)cc1. The largest absolute Gasteiger partial charge is 0.497 e. The Morgan fingerprint density at radius 2 is 1.72 bits per heavy atom. The van der Waals surface area contributed by atoms with E-state index in [1.165, 1.54) is 16.1 Å². The number of hydrogen-bond acceptors (Lipinski definition) is 4. The van der Waals surface area contributed by atoms with Crippen LogP contribution in [0.4, 0.5) is 5.69 Å². The van der Waals surface area contributed by atoms with Gasteiger partial charge >= 0.3 is 0 Å². The monoisotopic (exact) mass is 418 g/mol. The van der Waals surface area contributed by atoms with Gasteiger partial charge in [0.2, 0.25) is 15.9 Å². The molecule has 0 aliphatic carbocycles. The number of hydrogen-bond donors (Lipinski definition) is 1. The van der Waals surface area contributed by atoms with E-state index in [2.05, 4.69) is 24.4 Å². The van der Waals surface area contributed by atoms with Gasteiger partial charge in [0.1, 0.15) is 5.75 Å². The number of aryl methyl sites for hydroxylation is 1. The van der Waals surface area contributed by atoms with Crippen molar-refractivity contribution in [2.45, 2.75) is 39.2 Å². The maximum Gasteiger partial charge on any atom is 0.232 e. The zero-order valence-corrected chi connectivity index (χ0v) is 18.3. The number of nitrogens with zero attached hydrogens (tertiary/aromatic N) is 1. The summed E-state index contributed by atoms with van der Waals surface area (Å²) in [6.45, 7) is 4.28. The number of carbonyl (C=O) groups is 1. The molecule has 1 atom stereocenters. The van der Waals surface area contributed by atoms with Crippen LogP contribution in [0.5, 0.6) is 5.75 Å². The number of nitrogens with one attached hydrogen (secondary N) is 1. The summed E-state index contributed by atoms with van der Waals surface area (Å²) in [4.78, 5) is 12.3.